The standard InChI is InChI=1S/C12H13NO3/c1-8-6-9(4-5-13-8)11-3-2-10(7-16-11)12(14)15/h2,4-6,11H,3,7H2,1H3,(H,14,15). The molecule has 0 spiro atoms. The summed E-state index contributed by atoms with van der Waals surface area (Å²) in [5.74, 6) is -0.899. The fourth-order valence-corrected chi connectivity index (χ4v) is 1.72. The van der Waals surface area contributed by atoms with Crippen molar-refractivity contribution in [3.8, 4) is 0 Å². The molecule has 2 heterocycles. The predicted molar refractivity (Wildman–Crippen MR) is 58.0 cm³/mol. The van der Waals surface area contributed by atoms with Gasteiger partial charge in [-0.1, -0.05) is 6.08 Å². The van der Waals surface area contributed by atoms with E-state index in [0.717, 1.165) is 11.3 Å². The van der Waals surface area contributed by atoms with Crippen LogP contribution >= 0.6 is 0 Å². The lowest BCUT2D eigenvalue weighted by molar-refractivity contribution is -0.133. The third-order valence-corrected chi connectivity index (χ3v) is 2.59. The van der Waals surface area contributed by atoms with Gasteiger partial charge in [-0.15, -0.1) is 0 Å². The van der Waals surface area contributed by atoms with Gasteiger partial charge in [-0.2, -0.15) is 0 Å². The zero-order chi connectivity index (χ0) is 11.5. The van der Waals surface area contributed by atoms with Crippen molar-refractivity contribution in [3.05, 3.63) is 41.2 Å². The summed E-state index contributed by atoms with van der Waals surface area (Å²) in [6.45, 7) is 2.09. The van der Waals surface area contributed by atoms with Crippen molar-refractivity contribution in [2.24, 2.45) is 0 Å². The van der Waals surface area contributed by atoms with Gasteiger partial charge in [0.05, 0.1) is 18.3 Å². The first-order valence-electron chi connectivity index (χ1n) is 5.13. The highest BCUT2D eigenvalue weighted by molar-refractivity contribution is 5.86. The molecule has 4 nitrogen and oxygen atoms in total. The minimum atomic E-state index is -0.899. The molecule has 1 aromatic heterocycles. The molecule has 0 aliphatic carbocycles. The normalized spacial score (nSPS) is 20.3. The second kappa shape index (κ2) is 4.45. The number of hydrogen-bond acceptors (Lipinski definition) is 3. The van der Waals surface area contributed by atoms with Crippen molar-refractivity contribution in [1.82, 2.24) is 4.98 Å². The number of aryl methyl sites for hydroxylation is 1. The van der Waals surface area contributed by atoms with Crippen LogP contribution in [0.25, 0.3) is 0 Å². The maximum Gasteiger partial charge on any atom is 0.333 e. The number of carboxylic acids is 1. The second-order valence-corrected chi connectivity index (χ2v) is 3.80. The van der Waals surface area contributed by atoms with Gasteiger partial charge in [-0.3, -0.25) is 4.98 Å². The number of carboxylic acid groups (broad SMARTS) is 1. The molecule has 0 bridgehead atoms. The minimum absolute atomic E-state index is 0.0511. The number of carbonyl (C=O) groups is 1. The van der Waals surface area contributed by atoms with Crippen LogP contribution in [0.1, 0.15) is 23.8 Å². The Labute approximate surface area is 93.6 Å². The quantitative estimate of drug-likeness (QED) is 0.824. The molecule has 1 aromatic rings. The van der Waals surface area contributed by atoms with Crippen LogP contribution in [-0.2, 0) is 9.53 Å². The first-order chi connectivity index (χ1) is 7.66. The average molecular weight is 219 g/mol. The van der Waals surface area contributed by atoms with Crippen LogP contribution in [0.15, 0.2) is 30.0 Å². The molecule has 0 saturated carbocycles. The summed E-state index contributed by atoms with van der Waals surface area (Å²) in [6, 6.07) is 3.86. The number of nitrogens with zero attached hydrogens (tertiary/aromatic N) is 1. The number of rotatable bonds is 2. The van der Waals surface area contributed by atoms with E-state index in [2.05, 4.69) is 4.98 Å². The lowest BCUT2D eigenvalue weighted by atomic mass is 10.0. The molecule has 0 amide bonds. The van der Waals surface area contributed by atoms with Gasteiger partial charge in [-0.05, 0) is 31.0 Å². The van der Waals surface area contributed by atoms with Gasteiger partial charge in [0.15, 0.2) is 0 Å². The minimum Gasteiger partial charge on any atom is -0.478 e. The van der Waals surface area contributed by atoms with Crippen molar-refractivity contribution in [3.63, 3.8) is 0 Å². The Hall–Kier alpha value is -1.68. The number of aromatic nitrogens is 1. The highest BCUT2D eigenvalue weighted by atomic mass is 16.5. The summed E-state index contributed by atoms with van der Waals surface area (Å²) in [5, 5.41) is 8.78. The number of hydrogen-bond donors (Lipinski definition) is 1. The molecule has 1 atom stereocenters. The molecule has 0 saturated heterocycles. The Balaban J connectivity index is 2.12. The van der Waals surface area contributed by atoms with Crippen molar-refractivity contribution < 1.29 is 14.6 Å². The topological polar surface area (TPSA) is 59.4 Å². The Morgan fingerprint density at radius 1 is 1.62 bits per heavy atom. The van der Waals surface area contributed by atoms with Gasteiger partial charge in [0, 0.05) is 11.9 Å². The second-order valence-electron chi connectivity index (χ2n) is 3.80. The smallest absolute Gasteiger partial charge is 0.333 e. The summed E-state index contributed by atoms with van der Waals surface area (Å²) in [5.41, 5.74) is 2.32. The van der Waals surface area contributed by atoms with Crippen molar-refractivity contribution in [1.29, 1.82) is 0 Å². The summed E-state index contributed by atoms with van der Waals surface area (Å²) in [7, 11) is 0. The number of pyridine rings is 1. The summed E-state index contributed by atoms with van der Waals surface area (Å²) < 4.78 is 5.52. The largest absolute Gasteiger partial charge is 0.478 e. The van der Waals surface area contributed by atoms with E-state index in [1.54, 1.807) is 12.3 Å². The first kappa shape index (κ1) is 10.8. The first-order valence-corrected chi connectivity index (χ1v) is 5.13. The van der Waals surface area contributed by atoms with E-state index >= 15 is 0 Å². The van der Waals surface area contributed by atoms with E-state index in [-0.39, 0.29) is 12.7 Å². The maximum atomic E-state index is 10.7. The van der Waals surface area contributed by atoms with Gasteiger partial charge in [0.1, 0.15) is 0 Å². The molecule has 1 N–H and O–H groups in total. The van der Waals surface area contributed by atoms with Crippen LogP contribution in [0.2, 0.25) is 0 Å². The van der Waals surface area contributed by atoms with E-state index in [1.165, 1.54) is 0 Å². The van der Waals surface area contributed by atoms with E-state index in [1.807, 2.05) is 19.1 Å². The zero-order valence-electron chi connectivity index (χ0n) is 9.01. The zero-order valence-corrected chi connectivity index (χ0v) is 9.01. The summed E-state index contributed by atoms with van der Waals surface area (Å²) in [4.78, 5) is 14.8. The van der Waals surface area contributed by atoms with Gasteiger partial charge >= 0.3 is 5.97 Å². The van der Waals surface area contributed by atoms with E-state index in [9.17, 15) is 4.79 Å². The Bertz CT molecular complexity index is 440. The highest BCUT2D eigenvalue weighted by Crippen LogP contribution is 2.26. The third-order valence-electron chi connectivity index (χ3n) is 2.59. The van der Waals surface area contributed by atoms with E-state index < -0.39 is 5.97 Å². The van der Waals surface area contributed by atoms with Crippen LogP contribution in [0, 0.1) is 6.92 Å². The van der Waals surface area contributed by atoms with Crippen LogP contribution < -0.4 is 0 Å². The van der Waals surface area contributed by atoms with Crippen molar-refractivity contribution in [2.45, 2.75) is 19.4 Å². The number of aliphatic carboxylic acids is 1. The molecule has 1 aliphatic rings. The fraction of sp³-hybridized carbons (Fsp3) is 0.333. The molecule has 0 radical (unpaired) electrons. The van der Waals surface area contributed by atoms with Crippen molar-refractivity contribution in [2.75, 3.05) is 6.61 Å². The van der Waals surface area contributed by atoms with Crippen LogP contribution in [-0.4, -0.2) is 22.7 Å². The maximum absolute atomic E-state index is 10.7. The van der Waals surface area contributed by atoms with Crippen molar-refractivity contribution >= 4 is 5.97 Å². The summed E-state index contributed by atoms with van der Waals surface area (Å²) in [6.07, 6.45) is 4.02. The molecule has 0 fully saturated rings. The molecule has 2 rings (SSSR count). The Kier molecular flexibility index (Phi) is 3.01. The van der Waals surface area contributed by atoms with Gasteiger partial charge in [-0.25, -0.2) is 4.79 Å². The highest BCUT2D eigenvalue weighted by Gasteiger charge is 2.19. The fourth-order valence-electron chi connectivity index (χ4n) is 1.72. The Morgan fingerprint density at radius 2 is 2.44 bits per heavy atom. The SMILES string of the molecule is Cc1cc(C2CC=C(C(=O)O)CO2)ccn1. The molecule has 16 heavy (non-hydrogen) atoms. The molecule has 84 valence electrons. The van der Waals surface area contributed by atoms with Gasteiger partial charge in [0.25, 0.3) is 0 Å². The lowest BCUT2D eigenvalue weighted by Crippen LogP contribution is -2.16. The molecule has 1 aliphatic heterocycles. The van der Waals surface area contributed by atoms with Crippen LogP contribution in [0.4, 0.5) is 0 Å². The van der Waals surface area contributed by atoms with E-state index in [0.29, 0.717) is 12.0 Å². The van der Waals surface area contributed by atoms with Crippen LogP contribution in [0.5, 0.6) is 0 Å². The molecule has 1 unspecified atom stereocenters. The molecular formula is C12H13NO3. The monoisotopic (exact) mass is 219 g/mol. The third kappa shape index (κ3) is 2.28. The van der Waals surface area contributed by atoms with Gasteiger partial charge < -0.3 is 9.84 Å². The van der Waals surface area contributed by atoms with Crippen LogP contribution in [0.3, 0.4) is 0 Å². The lowest BCUT2D eigenvalue weighted by Gasteiger charge is -2.21. The average Bonchev–Trinajstić information content (AvgIpc) is 2.29. The van der Waals surface area contributed by atoms with Gasteiger partial charge in [0.2, 0.25) is 0 Å². The number of ether oxygens (including phenoxy) is 1. The predicted octanol–water partition coefficient (Wildman–Crippen LogP) is 1.86. The summed E-state index contributed by atoms with van der Waals surface area (Å²) >= 11 is 0. The Morgan fingerprint density at radius 3 is 3.00 bits per heavy atom. The molecule has 4 heteroatoms. The van der Waals surface area contributed by atoms with E-state index in [4.69, 9.17) is 9.84 Å². The molecule has 0 aromatic carbocycles. The molecular weight excluding hydrogens is 206 g/mol.